The summed E-state index contributed by atoms with van der Waals surface area (Å²) in [6.45, 7) is 1.73. The minimum atomic E-state index is -1.29. The first-order chi connectivity index (χ1) is 7.15. The summed E-state index contributed by atoms with van der Waals surface area (Å²) in [5.41, 5.74) is 0.909. The Morgan fingerprint density at radius 2 is 2.00 bits per heavy atom. The van der Waals surface area contributed by atoms with Crippen molar-refractivity contribution in [2.75, 3.05) is 5.75 Å². The maximum absolute atomic E-state index is 11.5. The fourth-order valence-corrected chi connectivity index (χ4v) is 2.33. The number of carboxylic acids is 1. The maximum atomic E-state index is 11.5. The molecular weight excluding hydrogens is 212 g/mol. The van der Waals surface area contributed by atoms with Crippen LogP contribution in [0.3, 0.4) is 0 Å². The van der Waals surface area contributed by atoms with Crippen LogP contribution in [-0.2, 0) is 22.0 Å². The topological polar surface area (TPSA) is 54.4 Å². The van der Waals surface area contributed by atoms with Gasteiger partial charge >= 0.3 is 5.97 Å². The van der Waals surface area contributed by atoms with Crippen LogP contribution < -0.4 is 0 Å². The molecule has 1 aromatic rings. The predicted octanol–water partition coefficient (Wildman–Crippen LogP) is 1.45. The zero-order chi connectivity index (χ0) is 11.3. The summed E-state index contributed by atoms with van der Waals surface area (Å²) >= 11 is 0. The van der Waals surface area contributed by atoms with E-state index in [-0.39, 0.29) is 0 Å². The molecule has 0 aliphatic heterocycles. The van der Waals surface area contributed by atoms with Crippen LogP contribution in [0, 0.1) is 0 Å². The van der Waals surface area contributed by atoms with Crippen LogP contribution in [0.15, 0.2) is 30.3 Å². The number of hydrogen-bond acceptors (Lipinski definition) is 2. The van der Waals surface area contributed by atoms with Crippen LogP contribution in [0.2, 0.25) is 0 Å². The highest BCUT2D eigenvalue weighted by molar-refractivity contribution is 7.86. The van der Waals surface area contributed by atoms with Crippen LogP contribution >= 0.6 is 0 Å². The summed E-state index contributed by atoms with van der Waals surface area (Å²) < 4.78 is 11.5. The third-order valence-electron chi connectivity index (χ3n) is 2.14. The average molecular weight is 226 g/mol. The molecule has 0 aliphatic rings. The number of rotatable bonds is 5. The Kier molecular flexibility index (Phi) is 4.49. The van der Waals surface area contributed by atoms with Crippen molar-refractivity contribution in [2.45, 2.75) is 18.6 Å². The molecular formula is C11H14O3S. The highest BCUT2D eigenvalue weighted by atomic mass is 32.2. The molecule has 3 nitrogen and oxygen atoms in total. The van der Waals surface area contributed by atoms with Crippen molar-refractivity contribution in [3.05, 3.63) is 35.9 Å². The quantitative estimate of drug-likeness (QED) is 0.826. The molecule has 15 heavy (non-hydrogen) atoms. The van der Waals surface area contributed by atoms with Gasteiger partial charge < -0.3 is 5.11 Å². The summed E-state index contributed by atoms with van der Waals surface area (Å²) in [4.78, 5) is 10.9. The Balaban J connectivity index is 2.76. The molecule has 0 radical (unpaired) electrons. The maximum Gasteiger partial charge on any atom is 0.319 e. The van der Waals surface area contributed by atoms with Crippen LogP contribution in [0.1, 0.15) is 12.5 Å². The molecule has 0 aromatic heterocycles. The Labute approximate surface area is 91.6 Å². The van der Waals surface area contributed by atoms with Gasteiger partial charge in [0.25, 0.3) is 0 Å². The molecule has 1 rings (SSSR count). The number of carboxylic acid groups (broad SMARTS) is 1. The lowest BCUT2D eigenvalue weighted by molar-refractivity contribution is -0.136. The summed E-state index contributed by atoms with van der Waals surface area (Å²) in [5.74, 6) is -0.608. The zero-order valence-corrected chi connectivity index (χ0v) is 9.37. The average Bonchev–Trinajstić information content (AvgIpc) is 2.26. The van der Waals surface area contributed by atoms with Crippen molar-refractivity contribution >= 4 is 16.8 Å². The van der Waals surface area contributed by atoms with Crippen molar-refractivity contribution in [1.82, 2.24) is 0 Å². The fraction of sp³-hybridized carbons (Fsp3) is 0.364. The monoisotopic (exact) mass is 226 g/mol. The summed E-state index contributed by atoms with van der Waals surface area (Å²) in [7, 11) is -1.29. The van der Waals surface area contributed by atoms with Crippen molar-refractivity contribution in [3.8, 4) is 0 Å². The van der Waals surface area contributed by atoms with Gasteiger partial charge in [-0.2, -0.15) is 0 Å². The van der Waals surface area contributed by atoms with Gasteiger partial charge in [-0.25, -0.2) is 0 Å². The van der Waals surface area contributed by atoms with E-state index in [4.69, 9.17) is 5.11 Å². The molecule has 0 fully saturated rings. The van der Waals surface area contributed by atoms with Gasteiger partial charge in [0.2, 0.25) is 0 Å². The number of aliphatic carboxylic acids is 1. The van der Waals surface area contributed by atoms with Gasteiger partial charge in [0, 0.05) is 16.6 Å². The number of carbonyl (C=O) groups is 1. The van der Waals surface area contributed by atoms with E-state index in [2.05, 4.69) is 0 Å². The van der Waals surface area contributed by atoms with Crippen LogP contribution in [-0.4, -0.2) is 26.3 Å². The van der Waals surface area contributed by atoms with E-state index < -0.39 is 22.0 Å². The van der Waals surface area contributed by atoms with E-state index in [1.54, 1.807) is 6.92 Å². The molecule has 0 saturated heterocycles. The first kappa shape index (κ1) is 11.9. The van der Waals surface area contributed by atoms with Gasteiger partial charge in [-0.15, -0.1) is 0 Å². The highest BCUT2D eigenvalue weighted by Crippen LogP contribution is 2.08. The van der Waals surface area contributed by atoms with E-state index >= 15 is 0 Å². The lowest BCUT2D eigenvalue weighted by Gasteiger charge is -2.10. The van der Waals surface area contributed by atoms with E-state index in [0.717, 1.165) is 5.56 Å². The van der Waals surface area contributed by atoms with E-state index in [9.17, 15) is 9.00 Å². The van der Waals surface area contributed by atoms with Gasteiger partial charge in [-0.3, -0.25) is 9.00 Å². The minimum absolute atomic E-state index is 0.330. The molecule has 0 spiro atoms. The molecule has 82 valence electrons. The summed E-state index contributed by atoms with van der Waals surface area (Å²) in [6, 6.07) is 9.27. The van der Waals surface area contributed by atoms with Gasteiger partial charge in [0.05, 0.1) is 0 Å². The minimum Gasteiger partial charge on any atom is -0.480 e. The first-order valence-electron chi connectivity index (χ1n) is 4.79. The molecule has 2 unspecified atom stereocenters. The second-order valence-corrected chi connectivity index (χ2v) is 5.09. The molecule has 0 amide bonds. The standard InChI is InChI=1S/C11H14O3S/c1-2-15(14)10(11(12)13)8-9-6-4-3-5-7-9/h3-7,10H,2,8H2,1H3,(H,12,13). The second kappa shape index (κ2) is 5.66. The van der Waals surface area contributed by atoms with Gasteiger partial charge in [-0.1, -0.05) is 37.3 Å². The van der Waals surface area contributed by atoms with Gasteiger partial charge in [0.1, 0.15) is 5.25 Å². The van der Waals surface area contributed by atoms with E-state index in [1.165, 1.54) is 0 Å². The van der Waals surface area contributed by atoms with Gasteiger partial charge in [0.15, 0.2) is 0 Å². The molecule has 4 heteroatoms. The van der Waals surface area contributed by atoms with Crippen LogP contribution in [0.5, 0.6) is 0 Å². The van der Waals surface area contributed by atoms with E-state index in [1.807, 2.05) is 30.3 Å². The number of hydrogen-bond donors (Lipinski definition) is 1. The normalized spacial score (nSPS) is 14.5. The molecule has 0 aliphatic carbocycles. The Bertz CT molecular complexity index is 348. The largest absolute Gasteiger partial charge is 0.480 e. The third-order valence-corrected chi connectivity index (χ3v) is 3.71. The lowest BCUT2D eigenvalue weighted by Crippen LogP contribution is -2.29. The zero-order valence-electron chi connectivity index (χ0n) is 8.55. The number of benzene rings is 1. The highest BCUT2D eigenvalue weighted by Gasteiger charge is 2.23. The lowest BCUT2D eigenvalue weighted by atomic mass is 10.1. The van der Waals surface area contributed by atoms with Crippen LogP contribution in [0.4, 0.5) is 0 Å². The van der Waals surface area contributed by atoms with Crippen molar-refractivity contribution in [1.29, 1.82) is 0 Å². The third kappa shape index (κ3) is 3.47. The molecule has 0 saturated carbocycles. The van der Waals surface area contributed by atoms with Gasteiger partial charge in [-0.05, 0) is 12.0 Å². The first-order valence-corrected chi connectivity index (χ1v) is 6.17. The predicted molar refractivity (Wildman–Crippen MR) is 60.3 cm³/mol. The fourth-order valence-electron chi connectivity index (χ4n) is 1.32. The van der Waals surface area contributed by atoms with Crippen molar-refractivity contribution in [2.24, 2.45) is 0 Å². The molecule has 0 bridgehead atoms. The Morgan fingerprint density at radius 1 is 1.40 bits per heavy atom. The molecule has 2 atom stereocenters. The second-order valence-electron chi connectivity index (χ2n) is 3.19. The molecule has 1 aromatic carbocycles. The smallest absolute Gasteiger partial charge is 0.319 e. The Morgan fingerprint density at radius 3 is 2.47 bits per heavy atom. The summed E-state index contributed by atoms with van der Waals surface area (Å²) in [5, 5.41) is 8.15. The Hall–Kier alpha value is -1.16. The molecule has 1 N–H and O–H groups in total. The van der Waals surface area contributed by atoms with Crippen molar-refractivity contribution < 1.29 is 14.1 Å². The SMILES string of the molecule is CCS(=O)C(Cc1ccccc1)C(=O)O. The summed E-state index contributed by atoms with van der Waals surface area (Å²) in [6.07, 6.45) is 0.330. The van der Waals surface area contributed by atoms with Crippen molar-refractivity contribution in [3.63, 3.8) is 0 Å². The molecule has 0 heterocycles. The van der Waals surface area contributed by atoms with E-state index in [0.29, 0.717) is 12.2 Å². The van der Waals surface area contributed by atoms with Crippen LogP contribution in [0.25, 0.3) is 0 Å².